The van der Waals surface area contributed by atoms with Crippen molar-refractivity contribution in [3.05, 3.63) is 75.4 Å². The Bertz CT molecular complexity index is 1330. The number of primary amides is 1. The second-order valence-corrected chi connectivity index (χ2v) is 10.4. The van der Waals surface area contributed by atoms with Gasteiger partial charge in [-0.1, -0.05) is 34.8 Å². The number of carbonyl (C=O) groups excluding carboxylic acids is 2. The lowest BCUT2D eigenvalue weighted by atomic mass is 9.86. The van der Waals surface area contributed by atoms with E-state index in [0.29, 0.717) is 31.9 Å². The van der Waals surface area contributed by atoms with Gasteiger partial charge < -0.3 is 20.5 Å². The van der Waals surface area contributed by atoms with Crippen molar-refractivity contribution in [1.82, 2.24) is 14.8 Å². The molecule has 2 heterocycles. The summed E-state index contributed by atoms with van der Waals surface area (Å²) in [6.45, 7) is -0.149. The second-order valence-electron chi connectivity index (χ2n) is 9.12. The summed E-state index contributed by atoms with van der Waals surface area (Å²) in [5.74, 6) is -1.03. The fourth-order valence-corrected chi connectivity index (χ4v) is 5.16. The van der Waals surface area contributed by atoms with E-state index in [9.17, 15) is 22.8 Å². The average Bonchev–Trinajstić information content (AvgIpc) is 3.28. The SMILES string of the molecule is NC(=O)C1(NCCC(F)(F)F)CCN(C(=O)c2cc(-c3ccc(Cl)cc3Cl)n(-c3ccc(Cl)cc3)c2)CC1. The molecular formula is C26H24Cl3F3N4O2. The van der Waals surface area contributed by atoms with E-state index in [1.165, 1.54) is 0 Å². The van der Waals surface area contributed by atoms with E-state index in [1.54, 1.807) is 59.6 Å². The van der Waals surface area contributed by atoms with Crippen molar-refractivity contribution >= 4 is 46.6 Å². The van der Waals surface area contributed by atoms with Gasteiger partial charge in [0.25, 0.3) is 5.91 Å². The Morgan fingerprint density at radius 3 is 2.18 bits per heavy atom. The summed E-state index contributed by atoms with van der Waals surface area (Å²) in [5.41, 5.74) is 6.67. The summed E-state index contributed by atoms with van der Waals surface area (Å²) in [6.07, 6.45) is -3.56. The molecule has 2 aromatic carbocycles. The molecular weight excluding hydrogens is 564 g/mol. The van der Waals surface area contributed by atoms with Crippen LogP contribution in [0.4, 0.5) is 13.2 Å². The van der Waals surface area contributed by atoms with Crippen LogP contribution in [0.15, 0.2) is 54.7 Å². The molecule has 0 bridgehead atoms. The smallest absolute Gasteiger partial charge is 0.368 e. The van der Waals surface area contributed by atoms with Gasteiger partial charge in [0.2, 0.25) is 5.91 Å². The first-order chi connectivity index (χ1) is 17.9. The first-order valence-electron chi connectivity index (χ1n) is 11.7. The Morgan fingerprint density at radius 1 is 0.974 bits per heavy atom. The molecule has 0 spiro atoms. The number of piperidine rings is 1. The summed E-state index contributed by atoms with van der Waals surface area (Å²) in [7, 11) is 0. The molecule has 1 fully saturated rings. The van der Waals surface area contributed by atoms with Crippen LogP contribution in [0.2, 0.25) is 15.1 Å². The van der Waals surface area contributed by atoms with Gasteiger partial charge in [-0.15, -0.1) is 0 Å². The second kappa shape index (κ2) is 11.2. The number of nitrogens with zero attached hydrogens (tertiary/aromatic N) is 2. The van der Waals surface area contributed by atoms with Crippen LogP contribution < -0.4 is 11.1 Å². The number of hydrogen-bond donors (Lipinski definition) is 2. The highest BCUT2D eigenvalue weighted by molar-refractivity contribution is 6.36. The number of nitrogens with two attached hydrogens (primary N) is 1. The van der Waals surface area contributed by atoms with E-state index in [-0.39, 0.29) is 31.8 Å². The number of likely N-dealkylation sites (tertiary alicyclic amines) is 1. The monoisotopic (exact) mass is 586 g/mol. The standard InChI is InChI=1S/C26H24Cl3F3N4O2/c27-17-1-4-19(5-2-17)36-15-16(13-22(36)20-6-3-18(28)14-21(20)29)23(37)35-11-8-25(9-12-35,24(33)38)34-10-7-26(30,31)32/h1-6,13-15,34H,7-12H2,(H2,33,38). The van der Waals surface area contributed by atoms with E-state index in [4.69, 9.17) is 40.5 Å². The minimum atomic E-state index is -4.36. The number of benzene rings is 2. The molecule has 0 radical (unpaired) electrons. The fourth-order valence-electron chi connectivity index (χ4n) is 4.53. The van der Waals surface area contributed by atoms with E-state index >= 15 is 0 Å². The Morgan fingerprint density at radius 2 is 1.61 bits per heavy atom. The van der Waals surface area contributed by atoms with E-state index in [1.807, 2.05) is 4.57 Å². The Labute approximate surface area is 232 Å². The van der Waals surface area contributed by atoms with Crippen molar-refractivity contribution in [3.8, 4) is 16.9 Å². The molecule has 1 saturated heterocycles. The van der Waals surface area contributed by atoms with Gasteiger partial charge in [0, 0.05) is 47.1 Å². The molecule has 1 aliphatic heterocycles. The molecule has 0 unspecified atom stereocenters. The molecule has 3 N–H and O–H groups in total. The molecule has 3 aromatic rings. The molecule has 0 saturated carbocycles. The van der Waals surface area contributed by atoms with Crippen molar-refractivity contribution in [2.45, 2.75) is 31.0 Å². The minimum absolute atomic E-state index is 0.0969. The first-order valence-corrected chi connectivity index (χ1v) is 12.9. The molecule has 2 amide bonds. The number of carbonyl (C=O) groups is 2. The van der Waals surface area contributed by atoms with Crippen LogP contribution in [0.25, 0.3) is 16.9 Å². The van der Waals surface area contributed by atoms with Crippen LogP contribution in [-0.4, -0.2) is 52.6 Å². The van der Waals surface area contributed by atoms with Crippen molar-refractivity contribution in [3.63, 3.8) is 0 Å². The number of rotatable bonds is 7. The lowest BCUT2D eigenvalue weighted by Crippen LogP contribution is -2.61. The molecule has 12 heteroatoms. The topological polar surface area (TPSA) is 80.4 Å². The summed E-state index contributed by atoms with van der Waals surface area (Å²) < 4.78 is 39.6. The minimum Gasteiger partial charge on any atom is -0.368 e. The summed E-state index contributed by atoms with van der Waals surface area (Å²) >= 11 is 18.6. The average molecular weight is 588 g/mol. The van der Waals surface area contributed by atoms with Crippen molar-refractivity contribution in [1.29, 1.82) is 0 Å². The number of alkyl halides is 3. The van der Waals surface area contributed by atoms with E-state index < -0.39 is 30.6 Å². The largest absolute Gasteiger partial charge is 0.390 e. The zero-order valence-electron chi connectivity index (χ0n) is 20.0. The zero-order valence-corrected chi connectivity index (χ0v) is 22.3. The number of nitrogens with one attached hydrogen (secondary N) is 1. The third-order valence-electron chi connectivity index (χ3n) is 6.63. The molecule has 4 rings (SSSR count). The van der Waals surface area contributed by atoms with Crippen LogP contribution in [0, 0.1) is 0 Å². The first kappa shape index (κ1) is 28.3. The maximum Gasteiger partial charge on any atom is 0.390 e. The number of aromatic nitrogens is 1. The van der Waals surface area contributed by atoms with Gasteiger partial charge in [-0.2, -0.15) is 13.2 Å². The third kappa shape index (κ3) is 6.29. The number of amides is 2. The Balaban J connectivity index is 1.59. The molecule has 202 valence electrons. The third-order valence-corrected chi connectivity index (χ3v) is 7.43. The predicted octanol–water partition coefficient (Wildman–Crippen LogP) is 6.11. The van der Waals surface area contributed by atoms with Gasteiger partial charge >= 0.3 is 6.18 Å². The lowest BCUT2D eigenvalue weighted by molar-refractivity contribution is -0.137. The van der Waals surface area contributed by atoms with Crippen LogP contribution in [0.5, 0.6) is 0 Å². The predicted molar refractivity (Wildman–Crippen MR) is 142 cm³/mol. The molecule has 1 aromatic heterocycles. The van der Waals surface area contributed by atoms with Gasteiger partial charge in [-0.05, 0) is 61.4 Å². The lowest BCUT2D eigenvalue weighted by Gasteiger charge is -2.40. The molecule has 38 heavy (non-hydrogen) atoms. The molecule has 1 aliphatic rings. The maximum absolute atomic E-state index is 13.5. The van der Waals surface area contributed by atoms with Crippen LogP contribution >= 0.6 is 34.8 Å². The van der Waals surface area contributed by atoms with Crippen molar-refractivity contribution in [2.24, 2.45) is 5.73 Å². The van der Waals surface area contributed by atoms with Gasteiger partial charge in [-0.3, -0.25) is 9.59 Å². The normalized spacial score (nSPS) is 15.5. The summed E-state index contributed by atoms with van der Waals surface area (Å²) in [5, 5.41) is 4.11. The van der Waals surface area contributed by atoms with Crippen molar-refractivity contribution in [2.75, 3.05) is 19.6 Å². The van der Waals surface area contributed by atoms with Gasteiger partial charge in [0.05, 0.1) is 22.7 Å². The highest BCUT2D eigenvalue weighted by Crippen LogP contribution is 2.34. The zero-order chi connectivity index (χ0) is 27.7. The van der Waals surface area contributed by atoms with Gasteiger partial charge in [-0.25, -0.2) is 0 Å². The molecule has 0 atom stereocenters. The van der Waals surface area contributed by atoms with Crippen LogP contribution in [-0.2, 0) is 4.79 Å². The molecule has 0 aliphatic carbocycles. The Kier molecular flexibility index (Phi) is 8.32. The van der Waals surface area contributed by atoms with Crippen molar-refractivity contribution < 1.29 is 22.8 Å². The van der Waals surface area contributed by atoms with E-state index in [0.717, 1.165) is 5.69 Å². The maximum atomic E-state index is 13.5. The van der Waals surface area contributed by atoms with Crippen LogP contribution in [0.1, 0.15) is 29.6 Å². The van der Waals surface area contributed by atoms with Gasteiger partial charge in [0.1, 0.15) is 5.54 Å². The van der Waals surface area contributed by atoms with Gasteiger partial charge in [0.15, 0.2) is 0 Å². The summed E-state index contributed by atoms with van der Waals surface area (Å²) in [6, 6.07) is 13.8. The molecule has 6 nitrogen and oxygen atoms in total. The highest BCUT2D eigenvalue weighted by Gasteiger charge is 2.41. The number of halogens is 6. The summed E-state index contributed by atoms with van der Waals surface area (Å²) in [4.78, 5) is 27.2. The van der Waals surface area contributed by atoms with E-state index in [2.05, 4.69) is 5.32 Å². The van der Waals surface area contributed by atoms with Crippen LogP contribution in [0.3, 0.4) is 0 Å². The number of hydrogen-bond acceptors (Lipinski definition) is 3. The fraction of sp³-hybridized carbons (Fsp3) is 0.308. The highest BCUT2D eigenvalue weighted by atomic mass is 35.5. The quantitative estimate of drug-likeness (QED) is 0.350. The Hall–Kier alpha value is -2.72.